The van der Waals surface area contributed by atoms with Crippen molar-refractivity contribution < 1.29 is 14.1 Å². The second kappa shape index (κ2) is 5.78. The Hall–Kier alpha value is -2.18. The Morgan fingerprint density at radius 2 is 2.18 bits per heavy atom. The van der Waals surface area contributed by atoms with E-state index in [1.807, 2.05) is 0 Å². The Balaban J connectivity index is 2.65. The lowest BCUT2D eigenvalue weighted by Gasteiger charge is -2.05. The summed E-state index contributed by atoms with van der Waals surface area (Å²) < 4.78 is 13.0. The predicted octanol–water partition coefficient (Wildman–Crippen LogP) is 1.28. The monoisotopic (exact) mass is 241 g/mol. The molecule has 0 heterocycles. The molecule has 2 N–H and O–H groups in total. The molecule has 0 aliphatic rings. The number of nitro groups is 1. The Labute approximate surface area is 97.0 Å². The number of carbonyl (C=O) groups is 1. The van der Waals surface area contributed by atoms with Gasteiger partial charge in [0.1, 0.15) is 5.82 Å². The summed E-state index contributed by atoms with van der Waals surface area (Å²) in [6, 6.07) is 3.19. The van der Waals surface area contributed by atoms with Crippen molar-refractivity contribution in [3.63, 3.8) is 0 Å². The fourth-order valence-corrected chi connectivity index (χ4v) is 1.23. The number of non-ortho nitro benzene ring substituents is 1. The van der Waals surface area contributed by atoms with E-state index >= 15 is 0 Å². The Morgan fingerprint density at radius 3 is 2.76 bits per heavy atom. The Kier molecular flexibility index (Phi) is 4.38. The molecule has 6 nitrogen and oxygen atoms in total. The summed E-state index contributed by atoms with van der Waals surface area (Å²) in [5, 5.41) is 15.7. The zero-order chi connectivity index (χ0) is 12.8. The predicted molar refractivity (Wildman–Crippen MR) is 60.2 cm³/mol. The largest absolute Gasteiger partial charge is 0.384 e. The first kappa shape index (κ1) is 12.9. The van der Waals surface area contributed by atoms with Crippen LogP contribution >= 0.6 is 0 Å². The van der Waals surface area contributed by atoms with Crippen molar-refractivity contribution in [3.8, 4) is 0 Å². The van der Waals surface area contributed by atoms with Gasteiger partial charge in [-0.15, -0.1) is 0 Å². The number of carbonyl (C=O) groups excluding carboxylic acids is 1. The number of nitrogens with zero attached hydrogens (tertiary/aromatic N) is 1. The molecule has 0 spiro atoms. The van der Waals surface area contributed by atoms with Crippen LogP contribution in [0.3, 0.4) is 0 Å². The lowest BCUT2D eigenvalue weighted by Crippen LogP contribution is -2.20. The second-order valence-electron chi connectivity index (χ2n) is 3.31. The third kappa shape index (κ3) is 4.06. The third-order valence-electron chi connectivity index (χ3n) is 2.05. The van der Waals surface area contributed by atoms with Crippen LogP contribution < -0.4 is 10.6 Å². The SMILES string of the molecule is CNC(=O)CCNc1cc(F)cc([N+](=O)[O-])c1. The summed E-state index contributed by atoms with van der Waals surface area (Å²) in [4.78, 5) is 20.7. The van der Waals surface area contributed by atoms with Crippen molar-refractivity contribution >= 4 is 17.3 Å². The highest BCUT2D eigenvalue weighted by Gasteiger charge is 2.09. The van der Waals surface area contributed by atoms with E-state index in [1.54, 1.807) is 0 Å². The molecule has 0 aliphatic heterocycles. The fraction of sp³-hybridized carbons (Fsp3) is 0.300. The van der Waals surface area contributed by atoms with Gasteiger partial charge in [-0.1, -0.05) is 0 Å². The second-order valence-corrected chi connectivity index (χ2v) is 3.31. The maximum absolute atomic E-state index is 13.0. The molecular formula is C10H12FN3O3. The highest BCUT2D eigenvalue weighted by Crippen LogP contribution is 2.19. The van der Waals surface area contributed by atoms with Crippen molar-refractivity contribution in [3.05, 3.63) is 34.1 Å². The van der Waals surface area contributed by atoms with Crippen LogP contribution in [0.1, 0.15) is 6.42 Å². The van der Waals surface area contributed by atoms with Crippen LogP contribution in [0.5, 0.6) is 0 Å². The van der Waals surface area contributed by atoms with Crippen LogP contribution in [0.15, 0.2) is 18.2 Å². The van der Waals surface area contributed by atoms with Gasteiger partial charge >= 0.3 is 0 Å². The summed E-state index contributed by atoms with van der Waals surface area (Å²) in [6.45, 7) is 0.278. The number of halogens is 1. The van der Waals surface area contributed by atoms with Gasteiger partial charge in [0.25, 0.3) is 5.69 Å². The number of nitro benzene ring substituents is 1. The maximum Gasteiger partial charge on any atom is 0.274 e. The molecule has 0 atom stereocenters. The normalized spacial score (nSPS) is 9.76. The average molecular weight is 241 g/mol. The molecule has 7 heteroatoms. The summed E-state index contributed by atoms with van der Waals surface area (Å²) in [7, 11) is 1.51. The maximum atomic E-state index is 13.0. The minimum Gasteiger partial charge on any atom is -0.384 e. The van der Waals surface area contributed by atoms with Crippen molar-refractivity contribution in [2.45, 2.75) is 6.42 Å². The highest BCUT2D eigenvalue weighted by atomic mass is 19.1. The van der Waals surface area contributed by atoms with E-state index in [0.717, 1.165) is 12.1 Å². The lowest BCUT2D eigenvalue weighted by molar-refractivity contribution is -0.385. The van der Waals surface area contributed by atoms with Crippen LogP contribution in [0.4, 0.5) is 15.8 Å². The quantitative estimate of drug-likeness (QED) is 0.600. The first-order chi connectivity index (χ1) is 8.02. The number of benzene rings is 1. The van der Waals surface area contributed by atoms with E-state index in [1.165, 1.54) is 13.1 Å². The summed E-state index contributed by atoms with van der Waals surface area (Å²) in [5.74, 6) is -0.856. The summed E-state index contributed by atoms with van der Waals surface area (Å²) in [6.07, 6.45) is 0.209. The molecule has 0 fully saturated rings. The minimum absolute atomic E-state index is 0.164. The summed E-state index contributed by atoms with van der Waals surface area (Å²) in [5.41, 5.74) is -0.0481. The van der Waals surface area contributed by atoms with Crippen LogP contribution in [0, 0.1) is 15.9 Å². The number of nitrogens with one attached hydrogen (secondary N) is 2. The lowest BCUT2D eigenvalue weighted by atomic mass is 10.2. The van der Waals surface area contributed by atoms with E-state index in [9.17, 15) is 19.3 Å². The van der Waals surface area contributed by atoms with Gasteiger partial charge in [0.05, 0.1) is 11.0 Å². The Bertz CT molecular complexity index is 437. The number of hydrogen-bond acceptors (Lipinski definition) is 4. The number of hydrogen-bond donors (Lipinski definition) is 2. The van der Waals surface area contributed by atoms with Crippen LogP contribution in [-0.4, -0.2) is 24.4 Å². The summed E-state index contributed by atoms with van der Waals surface area (Å²) >= 11 is 0. The number of amides is 1. The van der Waals surface area contributed by atoms with E-state index in [-0.39, 0.29) is 30.2 Å². The molecule has 1 aromatic rings. The van der Waals surface area contributed by atoms with E-state index < -0.39 is 10.7 Å². The van der Waals surface area contributed by atoms with Crippen molar-refractivity contribution in [2.24, 2.45) is 0 Å². The Morgan fingerprint density at radius 1 is 1.47 bits per heavy atom. The third-order valence-corrected chi connectivity index (χ3v) is 2.05. The topological polar surface area (TPSA) is 84.3 Å². The van der Waals surface area contributed by atoms with Crippen LogP contribution in [-0.2, 0) is 4.79 Å². The zero-order valence-corrected chi connectivity index (χ0v) is 9.20. The number of anilines is 1. The van der Waals surface area contributed by atoms with Crippen LogP contribution in [0.2, 0.25) is 0 Å². The van der Waals surface area contributed by atoms with Gasteiger partial charge < -0.3 is 10.6 Å². The molecule has 17 heavy (non-hydrogen) atoms. The molecule has 0 unspecified atom stereocenters. The van der Waals surface area contributed by atoms with Gasteiger partial charge in [0, 0.05) is 31.8 Å². The van der Waals surface area contributed by atoms with Gasteiger partial charge in [0.15, 0.2) is 0 Å². The molecule has 0 saturated carbocycles. The molecule has 92 valence electrons. The van der Waals surface area contributed by atoms with Gasteiger partial charge in [0.2, 0.25) is 5.91 Å². The average Bonchev–Trinajstić information content (AvgIpc) is 2.28. The molecule has 0 aromatic heterocycles. The van der Waals surface area contributed by atoms with E-state index in [2.05, 4.69) is 10.6 Å². The molecule has 1 rings (SSSR count). The molecule has 0 radical (unpaired) electrons. The molecule has 1 aromatic carbocycles. The van der Waals surface area contributed by atoms with Crippen molar-refractivity contribution in [1.82, 2.24) is 5.32 Å². The number of rotatable bonds is 5. The standard InChI is InChI=1S/C10H12FN3O3/c1-12-10(15)2-3-13-8-4-7(11)5-9(6-8)14(16)17/h4-6,13H,2-3H2,1H3,(H,12,15). The molecule has 0 saturated heterocycles. The van der Waals surface area contributed by atoms with Gasteiger partial charge in [-0.3, -0.25) is 14.9 Å². The van der Waals surface area contributed by atoms with E-state index in [0.29, 0.717) is 0 Å². The first-order valence-corrected chi connectivity index (χ1v) is 4.92. The fourth-order valence-electron chi connectivity index (χ4n) is 1.23. The minimum atomic E-state index is -0.693. The molecular weight excluding hydrogens is 229 g/mol. The zero-order valence-electron chi connectivity index (χ0n) is 9.20. The van der Waals surface area contributed by atoms with Gasteiger partial charge in [-0.25, -0.2) is 4.39 Å². The van der Waals surface area contributed by atoms with Crippen LogP contribution in [0.25, 0.3) is 0 Å². The molecule has 0 aliphatic carbocycles. The first-order valence-electron chi connectivity index (χ1n) is 4.92. The molecule has 0 bridgehead atoms. The van der Waals surface area contributed by atoms with Gasteiger partial charge in [-0.2, -0.15) is 0 Å². The highest BCUT2D eigenvalue weighted by molar-refractivity contribution is 5.76. The smallest absolute Gasteiger partial charge is 0.274 e. The molecule has 1 amide bonds. The van der Waals surface area contributed by atoms with Crippen molar-refractivity contribution in [1.29, 1.82) is 0 Å². The van der Waals surface area contributed by atoms with Crippen molar-refractivity contribution in [2.75, 3.05) is 18.9 Å². The van der Waals surface area contributed by atoms with E-state index in [4.69, 9.17) is 0 Å². The van der Waals surface area contributed by atoms with Gasteiger partial charge in [-0.05, 0) is 6.07 Å².